The fourth-order valence-corrected chi connectivity index (χ4v) is 4.10. The van der Waals surface area contributed by atoms with Gasteiger partial charge in [0.05, 0.1) is 28.3 Å². The highest BCUT2D eigenvalue weighted by molar-refractivity contribution is 6.60. The van der Waals surface area contributed by atoms with Crippen molar-refractivity contribution in [3.63, 3.8) is 0 Å². The molecule has 26 heavy (non-hydrogen) atoms. The predicted molar refractivity (Wildman–Crippen MR) is 105 cm³/mol. The van der Waals surface area contributed by atoms with E-state index in [0.717, 1.165) is 24.3 Å². The lowest BCUT2D eigenvalue weighted by Crippen LogP contribution is -2.50. The van der Waals surface area contributed by atoms with Crippen LogP contribution in [0.3, 0.4) is 0 Å². The van der Waals surface area contributed by atoms with Crippen molar-refractivity contribution < 1.29 is 14.0 Å². The van der Waals surface area contributed by atoms with Crippen LogP contribution in [0.4, 0.5) is 0 Å². The Bertz CT molecular complexity index is 905. The molecule has 0 fully saturated rings. The van der Waals surface area contributed by atoms with Gasteiger partial charge >= 0.3 is 0 Å². The van der Waals surface area contributed by atoms with Crippen molar-refractivity contribution in [2.24, 2.45) is 14.1 Å². The van der Waals surface area contributed by atoms with Crippen LogP contribution < -0.4 is 19.8 Å². The standard InChI is InChI=1S/C21H25BN2O2/c1-23-9-10-24(2)21(23)22-17-8-6-5-7-14-11-15-12-18(25-3)19(26-4)13-16(15)20(14)17/h9-13H,5-8H2,1-4H3. The largest absolute Gasteiger partial charge is 0.493 e. The molecule has 2 radical (unpaired) electrons. The molecule has 0 bridgehead atoms. The molecule has 0 spiro atoms. The second-order valence-corrected chi connectivity index (χ2v) is 7.09. The van der Waals surface area contributed by atoms with Crippen LogP contribution in [0.2, 0.25) is 0 Å². The van der Waals surface area contributed by atoms with Gasteiger partial charge in [-0.3, -0.25) is 14.6 Å². The molecule has 1 aromatic heterocycles. The summed E-state index contributed by atoms with van der Waals surface area (Å²) < 4.78 is 15.4. The smallest absolute Gasteiger partial charge is 0.161 e. The zero-order valence-corrected chi connectivity index (χ0v) is 16.0. The maximum Gasteiger partial charge on any atom is 0.161 e. The Kier molecular flexibility index (Phi) is 4.39. The lowest BCUT2D eigenvalue weighted by atomic mass is 9.64. The van der Waals surface area contributed by atoms with Crippen LogP contribution in [0.1, 0.15) is 36.8 Å². The summed E-state index contributed by atoms with van der Waals surface area (Å²) in [6, 6.07) is 4.24. The molecule has 2 aliphatic rings. The van der Waals surface area contributed by atoms with Gasteiger partial charge in [0.25, 0.3) is 0 Å². The van der Waals surface area contributed by atoms with Crippen LogP contribution in [0, 0.1) is 0 Å². The summed E-state index contributed by atoms with van der Waals surface area (Å²) in [5.41, 5.74) is 7.95. The number of aryl methyl sites for hydroxylation is 2. The van der Waals surface area contributed by atoms with Crippen LogP contribution in [0.15, 0.2) is 35.6 Å². The molecule has 1 aromatic carbocycles. The highest BCUT2D eigenvalue weighted by atomic mass is 16.5. The summed E-state index contributed by atoms with van der Waals surface area (Å²) in [5.74, 6) is 1.58. The first-order chi connectivity index (χ1) is 12.6. The number of hydrogen-bond acceptors (Lipinski definition) is 2. The normalized spacial score (nSPS) is 16.1. The Hall–Kier alpha value is -2.43. The second-order valence-electron chi connectivity index (χ2n) is 7.09. The fourth-order valence-electron chi connectivity index (χ4n) is 4.10. The molecule has 4 nitrogen and oxygen atoms in total. The molecule has 0 atom stereocenters. The summed E-state index contributed by atoms with van der Waals surface area (Å²) in [7, 11) is 9.94. The molecule has 134 valence electrons. The van der Waals surface area contributed by atoms with Crippen LogP contribution in [-0.2, 0) is 14.1 Å². The van der Waals surface area contributed by atoms with E-state index in [0.29, 0.717) is 0 Å². The van der Waals surface area contributed by atoms with Gasteiger partial charge in [-0.1, -0.05) is 24.5 Å². The summed E-state index contributed by atoms with van der Waals surface area (Å²) in [4.78, 5) is 0. The second kappa shape index (κ2) is 6.71. The number of benzene rings is 1. The molecule has 2 aromatic rings. The van der Waals surface area contributed by atoms with Crippen molar-refractivity contribution in [3.8, 4) is 11.5 Å². The van der Waals surface area contributed by atoms with Gasteiger partial charge in [-0.25, -0.2) is 0 Å². The van der Waals surface area contributed by atoms with E-state index in [9.17, 15) is 0 Å². The number of methoxy groups -OCH3 is 2. The summed E-state index contributed by atoms with van der Waals surface area (Å²) in [6.45, 7) is 0. The minimum atomic E-state index is 0.791. The monoisotopic (exact) mass is 348 g/mol. The Labute approximate surface area is 156 Å². The van der Waals surface area contributed by atoms with Gasteiger partial charge in [0, 0.05) is 5.72 Å². The van der Waals surface area contributed by atoms with E-state index in [1.807, 2.05) is 0 Å². The van der Waals surface area contributed by atoms with Crippen molar-refractivity contribution in [1.29, 1.82) is 0 Å². The van der Waals surface area contributed by atoms with Gasteiger partial charge in [0.2, 0.25) is 0 Å². The van der Waals surface area contributed by atoms with Crippen molar-refractivity contribution >= 4 is 24.7 Å². The molecule has 1 heterocycles. The minimum absolute atomic E-state index is 0.791. The molecular formula is C21H25BN2O2. The maximum atomic E-state index is 5.56. The predicted octanol–water partition coefficient (Wildman–Crippen LogP) is 2.58. The van der Waals surface area contributed by atoms with Crippen LogP contribution in [0.5, 0.6) is 11.5 Å². The first-order valence-electron chi connectivity index (χ1n) is 9.18. The van der Waals surface area contributed by atoms with Gasteiger partial charge in [-0.05, 0) is 41.7 Å². The quantitative estimate of drug-likeness (QED) is 0.627. The Morgan fingerprint density at radius 3 is 2.50 bits per heavy atom. The highest BCUT2D eigenvalue weighted by Gasteiger charge is 2.23. The highest BCUT2D eigenvalue weighted by Crippen LogP contribution is 2.46. The molecule has 2 aliphatic carbocycles. The summed E-state index contributed by atoms with van der Waals surface area (Å²) in [6.07, 6.45) is 11.2. The number of fused-ring (bicyclic) bond motifs is 3. The summed E-state index contributed by atoms with van der Waals surface area (Å²) >= 11 is 0. The first kappa shape index (κ1) is 17.0. The number of imidazole rings is 1. The Balaban J connectivity index is 1.86. The van der Waals surface area contributed by atoms with Crippen LogP contribution >= 0.6 is 0 Å². The van der Waals surface area contributed by atoms with Crippen molar-refractivity contribution in [1.82, 2.24) is 4.57 Å². The third kappa shape index (κ3) is 2.76. The lowest BCUT2D eigenvalue weighted by molar-refractivity contribution is -0.652. The molecule has 0 saturated carbocycles. The van der Waals surface area contributed by atoms with Gasteiger partial charge in [0.15, 0.2) is 11.5 Å². The lowest BCUT2D eigenvalue weighted by Gasteiger charge is -2.23. The van der Waals surface area contributed by atoms with E-state index in [1.54, 1.807) is 14.2 Å². The molecule has 0 saturated heterocycles. The Morgan fingerprint density at radius 2 is 1.81 bits per heavy atom. The zero-order valence-electron chi connectivity index (χ0n) is 16.0. The van der Waals surface area contributed by atoms with Crippen LogP contribution in [-0.4, -0.2) is 26.1 Å². The molecular weight excluding hydrogens is 323 g/mol. The SMILES string of the molecule is COc1cc2c(cc1OC)C1=C([B-]c3n(C)cc[n+]3C)CCCCC1=C2. The van der Waals surface area contributed by atoms with E-state index in [2.05, 4.69) is 61.1 Å². The van der Waals surface area contributed by atoms with E-state index >= 15 is 0 Å². The summed E-state index contributed by atoms with van der Waals surface area (Å²) in [5, 5.41) is 0. The van der Waals surface area contributed by atoms with E-state index in [1.165, 1.54) is 46.3 Å². The average Bonchev–Trinajstić information content (AvgIpc) is 3.08. The number of nitrogens with zero attached hydrogens (tertiary/aromatic N) is 2. The van der Waals surface area contributed by atoms with E-state index in [-0.39, 0.29) is 0 Å². The van der Waals surface area contributed by atoms with Crippen molar-refractivity contribution in [2.75, 3.05) is 14.2 Å². The number of allylic oxidation sites excluding steroid dienone is 3. The molecule has 0 aliphatic heterocycles. The molecule has 4 rings (SSSR count). The first-order valence-corrected chi connectivity index (χ1v) is 9.18. The Morgan fingerprint density at radius 1 is 1.08 bits per heavy atom. The number of aromatic nitrogens is 2. The maximum absolute atomic E-state index is 5.56. The number of ether oxygens (including phenoxy) is 2. The van der Waals surface area contributed by atoms with Crippen molar-refractivity contribution in [2.45, 2.75) is 25.7 Å². The number of rotatable bonds is 4. The molecule has 5 heteroatoms. The van der Waals surface area contributed by atoms with Gasteiger partial charge in [0.1, 0.15) is 12.4 Å². The average molecular weight is 348 g/mol. The molecule has 0 amide bonds. The fraction of sp³-hybridized carbons (Fsp3) is 0.381. The molecule has 0 unspecified atom stereocenters. The topological polar surface area (TPSA) is 27.3 Å². The molecule has 0 N–H and O–H groups in total. The minimum Gasteiger partial charge on any atom is -0.493 e. The van der Waals surface area contributed by atoms with E-state index in [4.69, 9.17) is 9.47 Å². The van der Waals surface area contributed by atoms with E-state index < -0.39 is 0 Å². The number of hydrogen-bond donors (Lipinski definition) is 0. The van der Waals surface area contributed by atoms with Gasteiger partial charge < -0.3 is 9.47 Å². The van der Waals surface area contributed by atoms with Gasteiger partial charge in [-0.2, -0.15) is 7.28 Å². The third-order valence-electron chi connectivity index (χ3n) is 5.48. The zero-order chi connectivity index (χ0) is 18.3. The third-order valence-corrected chi connectivity index (χ3v) is 5.48. The van der Waals surface area contributed by atoms with Crippen molar-refractivity contribution in [3.05, 3.63) is 46.7 Å². The van der Waals surface area contributed by atoms with Crippen LogP contribution in [0.25, 0.3) is 11.6 Å². The van der Waals surface area contributed by atoms with Gasteiger partial charge in [-0.15, -0.1) is 0 Å².